The highest BCUT2D eigenvalue weighted by Gasteiger charge is 2.26. The van der Waals surface area contributed by atoms with Crippen molar-refractivity contribution >= 4 is 28.5 Å². The molecule has 1 N–H and O–H groups in total. The number of amides is 2. The monoisotopic (exact) mass is 394 g/mol. The van der Waals surface area contributed by atoms with Crippen LogP contribution in [0.15, 0.2) is 59.0 Å². The van der Waals surface area contributed by atoms with Gasteiger partial charge in [-0.2, -0.15) is 0 Å². The fourth-order valence-corrected chi connectivity index (χ4v) is 3.16. The Bertz CT molecular complexity index is 959. The van der Waals surface area contributed by atoms with E-state index in [0.29, 0.717) is 35.5 Å². The predicted octanol–water partition coefficient (Wildman–Crippen LogP) is 4.71. The second kappa shape index (κ2) is 9.78. The van der Waals surface area contributed by atoms with E-state index in [2.05, 4.69) is 5.32 Å². The number of furan rings is 1. The first-order valence-corrected chi connectivity index (χ1v) is 9.92. The van der Waals surface area contributed by atoms with E-state index < -0.39 is 0 Å². The first-order chi connectivity index (χ1) is 14.1. The van der Waals surface area contributed by atoms with Gasteiger partial charge >= 0.3 is 0 Å². The highest BCUT2D eigenvalue weighted by Crippen LogP contribution is 2.32. The molecule has 3 rings (SSSR count). The highest BCUT2D eigenvalue weighted by atomic mass is 16.5. The van der Waals surface area contributed by atoms with E-state index >= 15 is 0 Å². The minimum Gasteiger partial charge on any atom is -0.484 e. The number of ether oxygens (including phenoxy) is 1. The van der Waals surface area contributed by atoms with Crippen LogP contribution in [0.3, 0.4) is 0 Å². The molecule has 2 aromatic carbocycles. The molecular weight excluding hydrogens is 368 g/mol. The fourth-order valence-electron chi connectivity index (χ4n) is 3.16. The van der Waals surface area contributed by atoms with Crippen LogP contribution in [0.25, 0.3) is 11.0 Å². The summed E-state index contributed by atoms with van der Waals surface area (Å²) in [4.78, 5) is 27.4. The van der Waals surface area contributed by atoms with Crippen molar-refractivity contribution in [3.8, 4) is 5.75 Å². The third-order valence-corrected chi connectivity index (χ3v) is 4.44. The van der Waals surface area contributed by atoms with Crippen molar-refractivity contribution in [1.82, 2.24) is 4.90 Å². The van der Waals surface area contributed by atoms with E-state index in [4.69, 9.17) is 9.15 Å². The predicted molar refractivity (Wildman–Crippen MR) is 113 cm³/mol. The lowest BCUT2D eigenvalue weighted by Crippen LogP contribution is -2.33. The number of carbonyl (C=O) groups is 2. The lowest BCUT2D eigenvalue weighted by molar-refractivity contribution is -0.118. The van der Waals surface area contributed by atoms with Crippen LogP contribution in [0, 0.1) is 0 Å². The molecule has 0 aliphatic rings. The van der Waals surface area contributed by atoms with Crippen molar-refractivity contribution in [2.75, 3.05) is 25.0 Å². The van der Waals surface area contributed by atoms with Gasteiger partial charge in [0.25, 0.3) is 11.8 Å². The van der Waals surface area contributed by atoms with E-state index in [9.17, 15) is 9.59 Å². The molecular formula is C23H26N2O4. The third kappa shape index (κ3) is 4.96. The highest BCUT2D eigenvalue weighted by molar-refractivity contribution is 6.11. The molecule has 0 unspecified atom stereocenters. The Kier molecular flexibility index (Phi) is 6.89. The zero-order valence-corrected chi connectivity index (χ0v) is 16.8. The Labute approximate surface area is 170 Å². The number of carbonyl (C=O) groups excluding carboxylic acids is 2. The Morgan fingerprint density at radius 3 is 2.31 bits per heavy atom. The first kappa shape index (κ1) is 20.5. The number of nitrogens with one attached hydrogen (secondary N) is 1. The van der Waals surface area contributed by atoms with Gasteiger partial charge in [0.1, 0.15) is 17.0 Å². The standard InChI is InChI=1S/C23H26N2O4/c1-3-14-25(15-4-2)23(27)22-21(18-12-8-9-13-19(18)29-22)24-20(26)16-28-17-10-6-5-7-11-17/h5-13H,3-4,14-16H2,1-2H3,(H,24,26). The van der Waals surface area contributed by atoms with Crippen molar-refractivity contribution < 1.29 is 18.7 Å². The van der Waals surface area contributed by atoms with E-state index in [0.717, 1.165) is 12.8 Å². The number of rotatable bonds is 9. The SMILES string of the molecule is CCCN(CCC)C(=O)c1oc2ccccc2c1NC(=O)COc1ccccc1. The molecule has 1 heterocycles. The van der Waals surface area contributed by atoms with Gasteiger partial charge in [-0.3, -0.25) is 9.59 Å². The molecule has 0 aliphatic heterocycles. The van der Waals surface area contributed by atoms with Crippen LogP contribution in [0.2, 0.25) is 0 Å². The summed E-state index contributed by atoms with van der Waals surface area (Å²) >= 11 is 0. The lowest BCUT2D eigenvalue weighted by atomic mass is 10.2. The second-order valence-electron chi connectivity index (χ2n) is 6.74. The normalized spacial score (nSPS) is 10.7. The van der Waals surface area contributed by atoms with Crippen LogP contribution in [0.5, 0.6) is 5.75 Å². The maximum Gasteiger partial charge on any atom is 0.291 e. The zero-order valence-electron chi connectivity index (χ0n) is 16.8. The van der Waals surface area contributed by atoms with Gasteiger partial charge in [0.05, 0.1) is 0 Å². The average molecular weight is 394 g/mol. The van der Waals surface area contributed by atoms with Crippen molar-refractivity contribution in [1.29, 1.82) is 0 Å². The largest absolute Gasteiger partial charge is 0.484 e. The number of benzene rings is 2. The van der Waals surface area contributed by atoms with Crippen LogP contribution >= 0.6 is 0 Å². The number of hydrogen-bond donors (Lipinski definition) is 1. The molecule has 29 heavy (non-hydrogen) atoms. The van der Waals surface area contributed by atoms with Gasteiger partial charge in [-0.15, -0.1) is 0 Å². The summed E-state index contributed by atoms with van der Waals surface area (Å²) in [5, 5.41) is 3.51. The molecule has 6 heteroatoms. The fraction of sp³-hybridized carbons (Fsp3) is 0.304. The number of para-hydroxylation sites is 2. The molecule has 0 spiro atoms. The van der Waals surface area contributed by atoms with Crippen molar-refractivity contribution in [3.05, 3.63) is 60.4 Å². The van der Waals surface area contributed by atoms with Gasteiger partial charge in [-0.1, -0.05) is 44.2 Å². The van der Waals surface area contributed by atoms with E-state index in [1.54, 1.807) is 23.1 Å². The molecule has 6 nitrogen and oxygen atoms in total. The summed E-state index contributed by atoms with van der Waals surface area (Å²) in [6, 6.07) is 16.4. The van der Waals surface area contributed by atoms with Gasteiger partial charge in [0.2, 0.25) is 5.76 Å². The van der Waals surface area contributed by atoms with Gasteiger partial charge in [-0.05, 0) is 37.1 Å². The quantitative estimate of drug-likeness (QED) is 0.570. The number of fused-ring (bicyclic) bond motifs is 1. The molecule has 3 aromatic rings. The molecule has 0 radical (unpaired) electrons. The summed E-state index contributed by atoms with van der Waals surface area (Å²) in [6.45, 7) is 5.16. The molecule has 0 aliphatic carbocycles. The Morgan fingerprint density at radius 2 is 1.62 bits per heavy atom. The third-order valence-electron chi connectivity index (χ3n) is 4.44. The smallest absolute Gasteiger partial charge is 0.291 e. The Balaban J connectivity index is 1.84. The Morgan fingerprint density at radius 1 is 0.966 bits per heavy atom. The summed E-state index contributed by atoms with van der Waals surface area (Å²) in [5.41, 5.74) is 0.951. The summed E-state index contributed by atoms with van der Waals surface area (Å²) in [7, 11) is 0. The van der Waals surface area contributed by atoms with Crippen LogP contribution in [-0.4, -0.2) is 36.4 Å². The van der Waals surface area contributed by atoms with Crippen LogP contribution < -0.4 is 10.1 Å². The summed E-state index contributed by atoms with van der Waals surface area (Å²) in [6.07, 6.45) is 1.69. The van der Waals surface area contributed by atoms with Crippen molar-refractivity contribution in [2.45, 2.75) is 26.7 Å². The topological polar surface area (TPSA) is 71.8 Å². The van der Waals surface area contributed by atoms with Crippen molar-refractivity contribution in [3.63, 3.8) is 0 Å². The van der Waals surface area contributed by atoms with Gasteiger partial charge in [0, 0.05) is 18.5 Å². The van der Waals surface area contributed by atoms with Crippen LogP contribution in [-0.2, 0) is 4.79 Å². The average Bonchev–Trinajstić information content (AvgIpc) is 3.11. The molecule has 0 atom stereocenters. The molecule has 0 fully saturated rings. The maximum atomic E-state index is 13.1. The number of hydrogen-bond acceptors (Lipinski definition) is 4. The lowest BCUT2D eigenvalue weighted by Gasteiger charge is -2.20. The van der Waals surface area contributed by atoms with Gasteiger partial charge < -0.3 is 19.4 Å². The molecule has 2 amide bonds. The van der Waals surface area contributed by atoms with E-state index in [1.165, 1.54) is 0 Å². The van der Waals surface area contributed by atoms with E-state index in [1.807, 2.05) is 50.2 Å². The number of anilines is 1. The van der Waals surface area contributed by atoms with Crippen LogP contribution in [0.4, 0.5) is 5.69 Å². The maximum absolute atomic E-state index is 13.1. The summed E-state index contributed by atoms with van der Waals surface area (Å²) < 4.78 is 11.4. The molecule has 152 valence electrons. The van der Waals surface area contributed by atoms with Gasteiger partial charge in [0.15, 0.2) is 6.61 Å². The first-order valence-electron chi connectivity index (χ1n) is 9.92. The summed E-state index contributed by atoms with van der Waals surface area (Å²) in [5.74, 6) is 0.186. The molecule has 0 bridgehead atoms. The molecule has 0 saturated heterocycles. The van der Waals surface area contributed by atoms with Crippen molar-refractivity contribution in [2.24, 2.45) is 0 Å². The minimum absolute atomic E-state index is 0.154. The zero-order chi connectivity index (χ0) is 20.6. The van der Waals surface area contributed by atoms with E-state index in [-0.39, 0.29) is 24.2 Å². The minimum atomic E-state index is -0.355. The van der Waals surface area contributed by atoms with Gasteiger partial charge in [-0.25, -0.2) is 0 Å². The number of nitrogens with zero attached hydrogens (tertiary/aromatic N) is 1. The Hall–Kier alpha value is -3.28. The molecule has 1 aromatic heterocycles. The van der Waals surface area contributed by atoms with Crippen LogP contribution in [0.1, 0.15) is 37.2 Å². The second-order valence-corrected chi connectivity index (χ2v) is 6.74. The molecule has 0 saturated carbocycles.